The van der Waals surface area contributed by atoms with Crippen LogP contribution in [-0.2, 0) is 11.8 Å². The fourth-order valence-corrected chi connectivity index (χ4v) is 1.51. The monoisotopic (exact) mass is 210 g/mol. The van der Waals surface area contributed by atoms with Crippen LogP contribution in [0.4, 0.5) is 0 Å². The van der Waals surface area contributed by atoms with Crippen molar-refractivity contribution in [2.75, 3.05) is 6.61 Å². The highest BCUT2D eigenvalue weighted by molar-refractivity contribution is 5.98. The molecule has 0 bridgehead atoms. The minimum Gasteiger partial charge on any atom is -0.370 e. The topological polar surface area (TPSA) is 44.1 Å². The summed E-state index contributed by atoms with van der Waals surface area (Å²) in [4.78, 5) is 12.1. The summed E-state index contributed by atoms with van der Waals surface area (Å²) in [5.41, 5.74) is 0.599. The Morgan fingerprint density at radius 1 is 1.60 bits per heavy atom. The first kappa shape index (κ1) is 11.9. The number of ether oxygens (including phenoxy) is 1. The van der Waals surface area contributed by atoms with Crippen LogP contribution in [0.2, 0.25) is 0 Å². The fraction of sp³-hybridized carbons (Fsp3) is 0.636. The summed E-state index contributed by atoms with van der Waals surface area (Å²) in [6, 6.07) is 1.72. The molecule has 0 aromatic carbocycles. The Balaban J connectivity index is 2.86. The molecule has 0 fully saturated rings. The Hall–Kier alpha value is -1.16. The first-order chi connectivity index (χ1) is 7.07. The SMILES string of the molecule is CCOC(C(=O)c1ccnn1C)C(C)C. The van der Waals surface area contributed by atoms with Crippen molar-refractivity contribution in [1.82, 2.24) is 9.78 Å². The highest BCUT2D eigenvalue weighted by Gasteiger charge is 2.25. The lowest BCUT2D eigenvalue weighted by molar-refractivity contribution is 0.0272. The van der Waals surface area contributed by atoms with Crippen LogP contribution < -0.4 is 0 Å². The Labute approximate surface area is 90.2 Å². The van der Waals surface area contributed by atoms with Gasteiger partial charge in [0.25, 0.3) is 0 Å². The number of hydrogen-bond donors (Lipinski definition) is 0. The van der Waals surface area contributed by atoms with Crippen LogP contribution in [0, 0.1) is 5.92 Å². The molecule has 4 heteroatoms. The summed E-state index contributed by atoms with van der Waals surface area (Å²) in [7, 11) is 1.76. The van der Waals surface area contributed by atoms with Gasteiger partial charge < -0.3 is 4.74 Å². The summed E-state index contributed by atoms with van der Waals surface area (Å²) in [6.45, 7) is 6.40. The molecular weight excluding hydrogens is 192 g/mol. The van der Waals surface area contributed by atoms with E-state index >= 15 is 0 Å². The van der Waals surface area contributed by atoms with Gasteiger partial charge in [-0.1, -0.05) is 13.8 Å². The average molecular weight is 210 g/mol. The second-order valence-corrected chi connectivity index (χ2v) is 3.82. The molecule has 1 atom stereocenters. The number of aryl methyl sites for hydroxylation is 1. The predicted octanol–water partition coefficient (Wildman–Crippen LogP) is 1.66. The van der Waals surface area contributed by atoms with Crippen LogP contribution in [0.25, 0.3) is 0 Å². The molecule has 1 aromatic rings. The smallest absolute Gasteiger partial charge is 0.209 e. The lowest BCUT2D eigenvalue weighted by Crippen LogP contribution is -2.31. The van der Waals surface area contributed by atoms with E-state index in [1.54, 1.807) is 24.0 Å². The van der Waals surface area contributed by atoms with Gasteiger partial charge in [0.1, 0.15) is 11.8 Å². The zero-order valence-electron chi connectivity index (χ0n) is 9.73. The maximum Gasteiger partial charge on any atom is 0.209 e. The molecule has 0 saturated heterocycles. The zero-order valence-corrected chi connectivity index (χ0v) is 9.73. The van der Waals surface area contributed by atoms with Crippen molar-refractivity contribution in [3.05, 3.63) is 18.0 Å². The Bertz CT molecular complexity index is 331. The largest absolute Gasteiger partial charge is 0.370 e. The number of ketones is 1. The maximum absolute atomic E-state index is 12.1. The molecule has 0 aliphatic heterocycles. The van der Waals surface area contributed by atoms with Crippen molar-refractivity contribution in [2.45, 2.75) is 26.9 Å². The zero-order chi connectivity index (χ0) is 11.4. The molecule has 1 unspecified atom stereocenters. The van der Waals surface area contributed by atoms with Gasteiger partial charge in [-0.2, -0.15) is 5.10 Å². The number of carbonyl (C=O) groups is 1. The minimum atomic E-state index is -0.370. The molecule has 0 spiro atoms. The van der Waals surface area contributed by atoms with Gasteiger partial charge in [-0.05, 0) is 18.9 Å². The van der Waals surface area contributed by atoms with Crippen LogP contribution in [-0.4, -0.2) is 28.3 Å². The quantitative estimate of drug-likeness (QED) is 0.694. The lowest BCUT2D eigenvalue weighted by atomic mass is 10.0. The van der Waals surface area contributed by atoms with E-state index < -0.39 is 0 Å². The molecule has 0 saturated carbocycles. The van der Waals surface area contributed by atoms with Gasteiger partial charge in [-0.15, -0.1) is 0 Å². The van der Waals surface area contributed by atoms with E-state index in [2.05, 4.69) is 5.10 Å². The summed E-state index contributed by atoms with van der Waals surface area (Å²) in [5.74, 6) is 0.180. The van der Waals surface area contributed by atoms with Gasteiger partial charge in [0.2, 0.25) is 5.78 Å². The van der Waals surface area contributed by atoms with Crippen LogP contribution in [0.3, 0.4) is 0 Å². The first-order valence-corrected chi connectivity index (χ1v) is 5.21. The van der Waals surface area contributed by atoms with Crippen molar-refractivity contribution in [1.29, 1.82) is 0 Å². The lowest BCUT2D eigenvalue weighted by Gasteiger charge is -2.19. The van der Waals surface area contributed by atoms with Crippen molar-refractivity contribution in [3.8, 4) is 0 Å². The third-order valence-electron chi connectivity index (χ3n) is 2.28. The van der Waals surface area contributed by atoms with E-state index in [0.717, 1.165) is 0 Å². The summed E-state index contributed by atoms with van der Waals surface area (Å²) in [5, 5.41) is 3.98. The van der Waals surface area contributed by atoms with E-state index in [9.17, 15) is 4.79 Å². The maximum atomic E-state index is 12.1. The molecule has 0 amide bonds. The van der Waals surface area contributed by atoms with E-state index in [0.29, 0.717) is 12.3 Å². The molecule has 1 heterocycles. The van der Waals surface area contributed by atoms with Gasteiger partial charge >= 0.3 is 0 Å². The number of nitrogens with zero attached hydrogens (tertiary/aromatic N) is 2. The number of Topliss-reactive ketones (excluding diaryl/α,β-unsaturated/α-hetero) is 1. The van der Waals surface area contributed by atoms with Crippen molar-refractivity contribution in [2.24, 2.45) is 13.0 Å². The third-order valence-corrected chi connectivity index (χ3v) is 2.28. The van der Waals surface area contributed by atoms with Gasteiger partial charge in [0.05, 0.1) is 0 Å². The second kappa shape index (κ2) is 5.07. The van der Waals surface area contributed by atoms with Crippen LogP contribution in [0.15, 0.2) is 12.3 Å². The highest BCUT2D eigenvalue weighted by Crippen LogP contribution is 2.13. The van der Waals surface area contributed by atoms with Gasteiger partial charge in [0, 0.05) is 19.9 Å². The van der Waals surface area contributed by atoms with E-state index in [1.165, 1.54) is 0 Å². The standard InChI is InChI=1S/C11H18N2O2/c1-5-15-11(8(2)3)10(14)9-6-7-12-13(9)4/h6-8,11H,5H2,1-4H3. The molecule has 1 aromatic heterocycles. The first-order valence-electron chi connectivity index (χ1n) is 5.21. The molecule has 15 heavy (non-hydrogen) atoms. The number of hydrogen-bond acceptors (Lipinski definition) is 3. The molecule has 84 valence electrons. The summed E-state index contributed by atoms with van der Waals surface area (Å²) < 4.78 is 7.03. The number of carbonyl (C=O) groups excluding carboxylic acids is 1. The summed E-state index contributed by atoms with van der Waals surface area (Å²) in [6.07, 6.45) is 1.25. The van der Waals surface area contributed by atoms with E-state index in [4.69, 9.17) is 4.74 Å². The Morgan fingerprint density at radius 2 is 2.27 bits per heavy atom. The van der Waals surface area contributed by atoms with Crippen LogP contribution >= 0.6 is 0 Å². The molecule has 0 aliphatic carbocycles. The highest BCUT2D eigenvalue weighted by atomic mass is 16.5. The predicted molar refractivity (Wildman–Crippen MR) is 57.8 cm³/mol. The van der Waals surface area contributed by atoms with Crippen molar-refractivity contribution in [3.63, 3.8) is 0 Å². The summed E-state index contributed by atoms with van der Waals surface area (Å²) >= 11 is 0. The number of aromatic nitrogens is 2. The third kappa shape index (κ3) is 2.65. The Kier molecular flexibility index (Phi) is 4.03. The van der Waals surface area contributed by atoms with Crippen LogP contribution in [0.5, 0.6) is 0 Å². The van der Waals surface area contributed by atoms with Crippen LogP contribution in [0.1, 0.15) is 31.3 Å². The average Bonchev–Trinajstić information content (AvgIpc) is 2.59. The van der Waals surface area contributed by atoms with Gasteiger partial charge in [0.15, 0.2) is 0 Å². The fourth-order valence-electron chi connectivity index (χ4n) is 1.51. The number of rotatable bonds is 5. The molecule has 0 N–H and O–H groups in total. The Morgan fingerprint density at radius 3 is 2.67 bits per heavy atom. The molecular formula is C11H18N2O2. The van der Waals surface area contributed by atoms with E-state index in [-0.39, 0.29) is 17.8 Å². The van der Waals surface area contributed by atoms with Gasteiger partial charge in [-0.3, -0.25) is 9.48 Å². The molecule has 0 radical (unpaired) electrons. The van der Waals surface area contributed by atoms with Gasteiger partial charge in [-0.25, -0.2) is 0 Å². The minimum absolute atomic E-state index is 0.00634. The van der Waals surface area contributed by atoms with E-state index in [1.807, 2.05) is 20.8 Å². The second-order valence-electron chi connectivity index (χ2n) is 3.82. The molecule has 0 aliphatic rings. The molecule has 4 nitrogen and oxygen atoms in total. The normalized spacial score (nSPS) is 13.1. The van der Waals surface area contributed by atoms with Crippen molar-refractivity contribution >= 4 is 5.78 Å². The molecule has 1 rings (SSSR count). The van der Waals surface area contributed by atoms with Crippen molar-refractivity contribution < 1.29 is 9.53 Å².